The Kier molecular flexibility index (Phi) is 10.8. The van der Waals surface area contributed by atoms with Crippen molar-refractivity contribution in [2.75, 3.05) is 18.1 Å². The molecule has 0 bridgehead atoms. The molecule has 1 unspecified atom stereocenters. The SMILES string of the molecule is C[Si](C)(C)O[Si](C)(C)C.OCC1(c2cc(C(F)(F)F)cc(C(F)(F)F)c2)CCCN1c1cc(C(F)(F)F)cc(C(F)(F)F)c1. The summed E-state index contributed by atoms with van der Waals surface area (Å²) >= 11 is 0. The van der Waals surface area contributed by atoms with Crippen LogP contribution >= 0.6 is 0 Å². The van der Waals surface area contributed by atoms with E-state index in [0.29, 0.717) is 24.3 Å². The van der Waals surface area contributed by atoms with Gasteiger partial charge in [-0.3, -0.25) is 0 Å². The number of hydrogen-bond donors (Lipinski definition) is 1. The summed E-state index contributed by atoms with van der Waals surface area (Å²) in [6.07, 6.45) is -21.4. The quantitative estimate of drug-likeness (QED) is 0.251. The van der Waals surface area contributed by atoms with Crippen LogP contribution in [0.25, 0.3) is 0 Å². The van der Waals surface area contributed by atoms with Crippen LogP contribution in [-0.4, -0.2) is 34.9 Å². The van der Waals surface area contributed by atoms with E-state index in [4.69, 9.17) is 4.12 Å². The molecule has 1 N–H and O–H groups in total. The summed E-state index contributed by atoms with van der Waals surface area (Å²) in [5.41, 5.74) is -10.6. The fraction of sp³-hybridized carbons (Fsp3) is 0.556. The van der Waals surface area contributed by atoms with Crippen LogP contribution in [0.3, 0.4) is 0 Å². The molecule has 1 saturated heterocycles. The zero-order chi connectivity index (χ0) is 34.3. The van der Waals surface area contributed by atoms with Crippen LogP contribution in [-0.2, 0) is 34.4 Å². The number of alkyl halides is 12. The van der Waals surface area contributed by atoms with Gasteiger partial charge in [0.25, 0.3) is 0 Å². The minimum Gasteiger partial charge on any atom is -0.456 e. The van der Waals surface area contributed by atoms with Crippen LogP contribution in [0.4, 0.5) is 58.4 Å². The van der Waals surface area contributed by atoms with Crippen LogP contribution in [0.1, 0.15) is 40.7 Å². The average molecular weight is 688 g/mol. The van der Waals surface area contributed by atoms with Gasteiger partial charge in [0, 0.05) is 12.2 Å². The predicted molar refractivity (Wildman–Crippen MR) is 146 cm³/mol. The van der Waals surface area contributed by atoms with E-state index in [2.05, 4.69) is 39.3 Å². The molecule has 250 valence electrons. The molecule has 0 amide bonds. The Balaban J connectivity index is 0.000000651. The summed E-state index contributed by atoms with van der Waals surface area (Å²) < 4.78 is 166. The molecule has 1 aliphatic heterocycles. The Bertz CT molecular complexity index is 1220. The molecule has 1 aliphatic rings. The Morgan fingerprint density at radius 2 is 0.977 bits per heavy atom. The monoisotopic (exact) mass is 687 g/mol. The molecular formula is C27H33F12NO2Si2. The first kappa shape index (κ1) is 37.9. The van der Waals surface area contributed by atoms with Crippen molar-refractivity contribution in [2.24, 2.45) is 0 Å². The van der Waals surface area contributed by atoms with E-state index in [9.17, 15) is 57.8 Å². The first-order valence-electron chi connectivity index (χ1n) is 13.2. The number of benzene rings is 2. The van der Waals surface area contributed by atoms with E-state index >= 15 is 0 Å². The van der Waals surface area contributed by atoms with Crippen molar-refractivity contribution in [1.29, 1.82) is 0 Å². The summed E-state index contributed by atoms with van der Waals surface area (Å²) in [4.78, 5) is 0.785. The maximum atomic E-state index is 13.3. The Hall–Kier alpha value is -2.25. The molecule has 0 aliphatic carbocycles. The van der Waals surface area contributed by atoms with Crippen molar-refractivity contribution in [1.82, 2.24) is 0 Å². The van der Waals surface area contributed by atoms with Gasteiger partial charge in [-0.2, -0.15) is 52.7 Å². The summed E-state index contributed by atoms with van der Waals surface area (Å²) in [5.74, 6) is 0. The van der Waals surface area contributed by atoms with Gasteiger partial charge in [-0.05, 0) is 94.1 Å². The van der Waals surface area contributed by atoms with Gasteiger partial charge in [0.1, 0.15) is 0 Å². The van der Waals surface area contributed by atoms with Gasteiger partial charge in [-0.1, -0.05) is 0 Å². The topological polar surface area (TPSA) is 32.7 Å². The standard InChI is InChI=1S/C21H15F12NO.C6H18OSi2/c22-18(23,24)12-4-11(5-13(6-12)19(25,26)27)17(10-35)2-1-3-34(17)16-8-14(20(28,29)30)7-15(9-16)21(31,32)33;1-8(2,3)7-9(4,5)6/h4-9,35H,1-3,10H2;1-6H3. The number of aliphatic hydroxyl groups is 1. The third-order valence-electron chi connectivity index (χ3n) is 6.37. The number of aliphatic hydroxyl groups excluding tert-OH is 1. The summed E-state index contributed by atoms with van der Waals surface area (Å²) in [6, 6.07) is 0.906. The number of nitrogens with zero attached hydrogens (tertiary/aromatic N) is 1. The van der Waals surface area contributed by atoms with Gasteiger partial charge in [0.15, 0.2) is 16.6 Å². The fourth-order valence-electron chi connectivity index (χ4n) is 5.05. The number of rotatable bonds is 5. The molecule has 2 aromatic rings. The lowest BCUT2D eigenvalue weighted by Crippen LogP contribution is -2.45. The van der Waals surface area contributed by atoms with Crippen molar-refractivity contribution < 1.29 is 61.9 Å². The van der Waals surface area contributed by atoms with Crippen LogP contribution in [0.15, 0.2) is 36.4 Å². The molecule has 3 nitrogen and oxygen atoms in total. The molecular weight excluding hydrogens is 654 g/mol. The minimum absolute atomic E-state index is 0.0459. The number of anilines is 1. The normalized spacial score (nSPS) is 18.8. The maximum Gasteiger partial charge on any atom is 0.416 e. The largest absolute Gasteiger partial charge is 0.456 e. The molecule has 0 radical (unpaired) electrons. The highest BCUT2D eigenvalue weighted by Gasteiger charge is 2.47. The molecule has 44 heavy (non-hydrogen) atoms. The van der Waals surface area contributed by atoms with Crippen molar-refractivity contribution >= 4 is 22.3 Å². The van der Waals surface area contributed by atoms with E-state index in [1.807, 2.05) is 0 Å². The van der Waals surface area contributed by atoms with E-state index in [-0.39, 0.29) is 31.5 Å². The second kappa shape index (κ2) is 12.5. The average Bonchev–Trinajstić information content (AvgIpc) is 3.25. The van der Waals surface area contributed by atoms with E-state index in [0.717, 1.165) is 4.90 Å². The van der Waals surface area contributed by atoms with Gasteiger partial charge in [-0.25, -0.2) is 0 Å². The first-order valence-corrected chi connectivity index (χ1v) is 20.0. The van der Waals surface area contributed by atoms with Gasteiger partial charge in [-0.15, -0.1) is 0 Å². The lowest BCUT2D eigenvalue weighted by Gasteiger charge is -2.40. The Morgan fingerprint density at radius 1 is 0.636 bits per heavy atom. The smallest absolute Gasteiger partial charge is 0.416 e. The Labute approximate surface area is 249 Å². The minimum atomic E-state index is -5.25. The Morgan fingerprint density at radius 3 is 1.25 bits per heavy atom. The number of halogens is 12. The van der Waals surface area contributed by atoms with Crippen molar-refractivity contribution in [2.45, 2.75) is 82.4 Å². The zero-order valence-corrected chi connectivity index (χ0v) is 26.6. The third kappa shape index (κ3) is 9.88. The lowest BCUT2D eigenvalue weighted by molar-refractivity contribution is -0.144. The van der Waals surface area contributed by atoms with Gasteiger partial charge < -0.3 is 14.1 Å². The molecule has 1 atom stereocenters. The summed E-state index contributed by atoms with van der Waals surface area (Å²) in [6.45, 7) is 11.9. The second-order valence-corrected chi connectivity index (χ2v) is 21.6. The molecule has 0 saturated carbocycles. The molecule has 17 heteroatoms. The maximum absolute atomic E-state index is 13.3. The summed E-state index contributed by atoms with van der Waals surface area (Å²) in [5, 5.41) is 10.1. The predicted octanol–water partition coefficient (Wildman–Crippen LogP) is 9.92. The van der Waals surface area contributed by atoms with Gasteiger partial charge in [0.2, 0.25) is 0 Å². The molecule has 0 spiro atoms. The molecule has 3 rings (SSSR count). The van der Waals surface area contributed by atoms with Gasteiger partial charge in [0.05, 0.1) is 34.4 Å². The highest BCUT2D eigenvalue weighted by molar-refractivity contribution is 6.83. The van der Waals surface area contributed by atoms with Crippen molar-refractivity contribution in [3.05, 3.63) is 64.2 Å². The lowest BCUT2D eigenvalue weighted by atomic mass is 9.85. The molecule has 0 aromatic heterocycles. The fourth-order valence-corrected chi connectivity index (χ4v) is 12.4. The van der Waals surface area contributed by atoms with E-state index in [1.165, 1.54) is 0 Å². The third-order valence-corrected chi connectivity index (χ3v) is 11.3. The molecule has 1 fully saturated rings. The van der Waals surface area contributed by atoms with Gasteiger partial charge >= 0.3 is 24.7 Å². The van der Waals surface area contributed by atoms with Crippen LogP contribution < -0.4 is 4.90 Å². The highest BCUT2D eigenvalue weighted by Crippen LogP contribution is 2.47. The van der Waals surface area contributed by atoms with E-state index < -0.39 is 87.0 Å². The zero-order valence-electron chi connectivity index (χ0n) is 24.6. The van der Waals surface area contributed by atoms with Crippen molar-refractivity contribution in [3.63, 3.8) is 0 Å². The highest BCUT2D eigenvalue weighted by atomic mass is 28.4. The molecule has 1 heterocycles. The van der Waals surface area contributed by atoms with Crippen LogP contribution in [0.2, 0.25) is 39.3 Å². The number of hydrogen-bond acceptors (Lipinski definition) is 3. The summed E-state index contributed by atoms with van der Waals surface area (Å²) in [7, 11) is -2.46. The van der Waals surface area contributed by atoms with Crippen LogP contribution in [0, 0.1) is 0 Å². The second-order valence-electron chi connectivity index (χ2n) is 12.3. The van der Waals surface area contributed by atoms with E-state index in [1.54, 1.807) is 0 Å². The molecule has 2 aromatic carbocycles. The van der Waals surface area contributed by atoms with Crippen LogP contribution in [0.5, 0.6) is 0 Å². The van der Waals surface area contributed by atoms with Crippen molar-refractivity contribution in [3.8, 4) is 0 Å². The first-order chi connectivity index (χ1) is 19.5.